The zero-order valence-electron chi connectivity index (χ0n) is 4.47. The van der Waals surface area contributed by atoms with E-state index in [2.05, 4.69) is 5.82 Å². The van der Waals surface area contributed by atoms with Crippen molar-refractivity contribution < 1.29 is 4.79 Å². The monoisotopic (exact) mass is 164 g/mol. The summed E-state index contributed by atoms with van der Waals surface area (Å²) < 4.78 is 1.20. The van der Waals surface area contributed by atoms with E-state index in [-0.39, 0.29) is 0 Å². The number of carbonyl (C=O) groups is 1. The quantitative estimate of drug-likeness (QED) is 0.335. The molecule has 0 saturated heterocycles. The Hall–Kier alpha value is -0.0705. The van der Waals surface area contributed by atoms with Gasteiger partial charge in [-0.05, 0) is 0 Å². The second kappa shape index (κ2) is 4.10. The van der Waals surface area contributed by atoms with Gasteiger partial charge in [-0.25, -0.2) is 0 Å². The zero-order chi connectivity index (χ0) is 5.70. The van der Waals surface area contributed by atoms with Gasteiger partial charge in [-0.3, -0.25) is 0 Å². The molecule has 0 unspecified atom stereocenters. The van der Waals surface area contributed by atoms with Crippen LogP contribution in [0, 0.1) is 0 Å². The number of hydrogen-bond acceptors (Lipinski definition) is 1. The summed E-state index contributed by atoms with van der Waals surface area (Å²) in [6.45, 7) is 1.97. The second-order valence-corrected chi connectivity index (χ2v) is 3.33. The van der Waals surface area contributed by atoms with Crippen molar-refractivity contribution in [1.29, 1.82) is 0 Å². The number of rotatable bonds is 2. The van der Waals surface area contributed by atoms with Crippen LogP contribution in [0.1, 0.15) is 6.92 Å². The van der Waals surface area contributed by atoms with Crippen molar-refractivity contribution in [2.45, 2.75) is 12.7 Å². The van der Waals surface area contributed by atoms with Crippen LogP contribution in [0.2, 0.25) is 5.82 Å². The third-order valence-electron chi connectivity index (χ3n) is 0.625. The van der Waals surface area contributed by atoms with E-state index >= 15 is 0 Å². The number of allylic oxidation sites excluding steroid dienone is 2. The average Bonchev–Trinajstić information content (AvgIpc) is 1.68. The average molecular weight is 163 g/mol. The van der Waals surface area contributed by atoms with Crippen LogP contribution in [0.4, 0.5) is 0 Å². The topological polar surface area (TPSA) is 17.1 Å². The van der Waals surface area contributed by atoms with Crippen LogP contribution in [0.3, 0.4) is 0 Å². The number of carbonyl (C=O) groups excluding carboxylic acids is 1. The molecule has 0 radical (unpaired) electrons. The van der Waals surface area contributed by atoms with E-state index in [0.717, 1.165) is 6.29 Å². The predicted molar refractivity (Wildman–Crippen MR) is 31.4 cm³/mol. The first-order valence-electron chi connectivity index (χ1n) is 1.97. The normalized spacial score (nSPS) is 11.4. The fourth-order valence-electron chi connectivity index (χ4n) is 0.164. The van der Waals surface area contributed by atoms with E-state index < -0.39 is 0 Å². The van der Waals surface area contributed by atoms with Crippen LogP contribution in [-0.4, -0.2) is 21.2 Å². The first-order chi connectivity index (χ1) is 3.31. The van der Waals surface area contributed by atoms with Crippen molar-refractivity contribution in [2.75, 3.05) is 0 Å². The fourth-order valence-corrected chi connectivity index (χ4v) is 0.566. The van der Waals surface area contributed by atoms with Crippen molar-refractivity contribution in [3.63, 3.8) is 0 Å². The Kier molecular flexibility index (Phi) is 4.06. The Balaban J connectivity index is 3.49. The second-order valence-electron chi connectivity index (χ2n) is 1.12. The van der Waals surface area contributed by atoms with Gasteiger partial charge in [-0.15, -0.1) is 0 Å². The zero-order valence-corrected chi connectivity index (χ0v) is 6.18. The van der Waals surface area contributed by atoms with Crippen LogP contribution in [-0.2, 0) is 4.79 Å². The summed E-state index contributed by atoms with van der Waals surface area (Å²) in [5.74, 6) is 2.09. The summed E-state index contributed by atoms with van der Waals surface area (Å²) in [6, 6.07) is 0. The fraction of sp³-hybridized carbons (Fsp3) is 0.400. The van der Waals surface area contributed by atoms with Gasteiger partial charge in [0.1, 0.15) is 0 Å². The number of aldehydes is 1. The molecule has 0 saturated carbocycles. The van der Waals surface area contributed by atoms with Crippen LogP contribution < -0.4 is 0 Å². The van der Waals surface area contributed by atoms with Gasteiger partial charge in [-0.1, -0.05) is 0 Å². The summed E-state index contributed by atoms with van der Waals surface area (Å²) in [5.41, 5.74) is 0. The van der Waals surface area contributed by atoms with E-state index in [1.54, 1.807) is 6.08 Å². The molecular weight excluding hydrogens is 155 g/mol. The van der Waals surface area contributed by atoms with E-state index in [0.29, 0.717) is 15.0 Å². The summed E-state index contributed by atoms with van der Waals surface area (Å²) in [7, 11) is 0. The number of hydrogen-bond donors (Lipinski definition) is 0. The molecule has 0 heterocycles. The minimum absolute atomic E-state index is 0.515. The molecule has 0 aliphatic carbocycles. The molecule has 0 fully saturated rings. The Bertz CT molecular complexity index is 86.1. The molecule has 2 heteroatoms. The van der Waals surface area contributed by atoms with Gasteiger partial charge < -0.3 is 0 Å². The standard InChI is InChI=1S/C5H8OSe/c1-5(7-2)3-4-6/h3-4H,1-2H3/b5-3-. The van der Waals surface area contributed by atoms with Crippen LogP contribution >= 0.6 is 0 Å². The van der Waals surface area contributed by atoms with E-state index in [1.165, 1.54) is 4.47 Å². The molecule has 0 aromatic heterocycles. The SMILES string of the molecule is C[Se]/C(C)=C\C=O. The van der Waals surface area contributed by atoms with E-state index in [9.17, 15) is 4.79 Å². The summed E-state index contributed by atoms with van der Waals surface area (Å²) >= 11 is 0.515. The molecule has 0 rings (SSSR count). The molecule has 0 N–H and O–H groups in total. The van der Waals surface area contributed by atoms with Crippen LogP contribution in [0.5, 0.6) is 0 Å². The van der Waals surface area contributed by atoms with Gasteiger partial charge in [0.15, 0.2) is 0 Å². The molecule has 0 spiro atoms. The molecule has 1 nitrogen and oxygen atoms in total. The minimum atomic E-state index is 0.515. The first-order valence-corrected chi connectivity index (χ1v) is 4.54. The van der Waals surface area contributed by atoms with Gasteiger partial charge in [0.25, 0.3) is 0 Å². The van der Waals surface area contributed by atoms with E-state index in [4.69, 9.17) is 0 Å². The Morgan fingerprint density at radius 2 is 2.29 bits per heavy atom. The van der Waals surface area contributed by atoms with Crippen molar-refractivity contribution in [1.82, 2.24) is 0 Å². The summed E-state index contributed by atoms with van der Waals surface area (Å²) in [6.07, 6.45) is 2.45. The van der Waals surface area contributed by atoms with Crippen molar-refractivity contribution in [2.24, 2.45) is 0 Å². The van der Waals surface area contributed by atoms with E-state index in [1.807, 2.05) is 6.92 Å². The molecule has 0 atom stereocenters. The maximum atomic E-state index is 9.71. The van der Waals surface area contributed by atoms with Crippen molar-refractivity contribution in [3.8, 4) is 0 Å². The first kappa shape index (κ1) is 6.93. The molecule has 40 valence electrons. The molecule has 0 bridgehead atoms. The molecular formula is C5H8OSe. The van der Waals surface area contributed by atoms with Gasteiger partial charge in [0, 0.05) is 0 Å². The maximum absolute atomic E-state index is 9.71. The Morgan fingerprint density at radius 3 is 2.43 bits per heavy atom. The van der Waals surface area contributed by atoms with Gasteiger partial charge in [-0.2, -0.15) is 0 Å². The molecule has 0 aliphatic rings. The van der Waals surface area contributed by atoms with Gasteiger partial charge >= 0.3 is 49.3 Å². The molecule has 7 heavy (non-hydrogen) atoms. The van der Waals surface area contributed by atoms with Crippen LogP contribution in [0.15, 0.2) is 10.5 Å². The Morgan fingerprint density at radius 1 is 1.71 bits per heavy atom. The van der Waals surface area contributed by atoms with Gasteiger partial charge in [0.2, 0.25) is 0 Å². The van der Waals surface area contributed by atoms with Crippen molar-refractivity contribution >= 4 is 21.2 Å². The predicted octanol–water partition coefficient (Wildman–Crippen LogP) is 0.841. The molecule has 0 aromatic rings. The van der Waals surface area contributed by atoms with Gasteiger partial charge in [0.05, 0.1) is 0 Å². The molecule has 0 aromatic carbocycles. The third-order valence-corrected chi connectivity index (χ3v) is 2.26. The van der Waals surface area contributed by atoms with Crippen LogP contribution in [0.25, 0.3) is 0 Å². The summed E-state index contributed by atoms with van der Waals surface area (Å²) in [4.78, 5) is 9.71. The molecule has 0 aliphatic heterocycles. The molecule has 0 amide bonds. The Labute approximate surface area is 50.0 Å². The third kappa shape index (κ3) is 3.77. The summed E-state index contributed by atoms with van der Waals surface area (Å²) in [5, 5.41) is 0. The van der Waals surface area contributed by atoms with Crippen molar-refractivity contribution in [3.05, 3.63) is 10.5 Å².